The van der Waals surface area contributed by atoms with Crippen LogP contribution in [-0.2, 0) is 10.0 Å². The fourth-order valence-corrected chi connectivity index (χ4v) is 2.18. The molecule has 0 atom stereocenters. The zero-order chi connectivity index (χ0) is 15.4. The predicted molar refractivity (Wildman–Crippen MR) is 74.8 cm³/mol. The Kier molecular flexibility index (Phi) is 5.32. The SMILES string of the molecule is CCC(N)(CC)CNC(=O)c1ccc(S(=O)(=O)NC)o1. The summed E-state index contributed by atoms with van der Waals surface area (Å²) in [6, 6.07) is 2.55. The monoisotopic (exact) mass is 303 g/mol. The number of rotatable bonds is 7. The minimum Gasteiger partial charge on any atom is -0.438 e. The van der Waals surface area contributed by atoms with E-state index in [1.165, 1.54) is 19.2 Å². The van der Waals surface area contributed by atoms with Crippen LogP contribution in [-0.4, -0.2) is 33.5 Å². The van der Waals surface area contributed by atoms with Gasteiger partial charge < -0.3 is 15.5 Å². The highest BCUT2D eigenvalue weighted by Crippen LogP contribution is 2.14. The van der Waals surface area contributed by atoms with Gasteiger partial charge in [0, 0.05) is 12.1 Å². The molecule has 0 aliphatic carbocycles. The van der Waals surface area contributed by atoms with E-state index in [0.717, 1.165) is 12.8 Å². The van der Waals surface area contributed by atoms with Gasteiger partial charge in [-0.1, -0.05) is 13.8 Å². The third-order valence-corrected chi connectivity index (χ3v) is 4.63. The number of carbonyl (C=O) groups excluding carboxylic acids is 1. The van der Waals surface area contributed by atoms with Gasteiger partial charge in [-0.05, 0) is 32.0 Å². The number of nitrogens with two attached hydrogens (primary N) is 1. The van der Waals surface area contributed by atoms with Crippen molar-refractivity contribution in [3.8, 4) is 0 Å². The third kappa shape index (κ3) is 3.81. The normalized spacial score (nSPS) is 12.4. The molecular weight excluding hydrogens is 282 g/mol. The van der Waals surface area contributed by atoms with Crippen LogP contribution in [0.25, 0.3) is 0 Å². The molecule has 0 bridgehead atoms. The van der Waals surface area contributed by atoms with Crippen molar-refractivity contribution in [3.05, 3.63) is 17.9 Å². The van der Waals surface area contributed by atoms with E-state index < -0.39 is 21.5 Å². The molecule has 1 amide bonds. The summed E-state index contributed by atoms with van der Waals surface area (Å²) in [7, 11) is -2.42. The van der Waals surface area contributed by atoms with Crippen molar-refractivity contribution in [2.45, 2.75) is 37.3 Å². The first-order valence-electron chi connectivity index (χ1n) is 6.38. The van der Waals surface area contributed by atoms with Crippen LogP contribution in [0.2, 0.25) is 0 Å². The van der Waals surface area contributed by atoms with Crippen molar-refractivity contribution >= 4 is 15.9 Å². The zero-order valence-electron chi connectivity index (χ0n) is 11.9. The van der Waals surface area contributed by atoms with Crippen LogP contribution in [0, 0.1) is 0 Å². The summed E-state index contributed by atoms with van der Waals surface area (Å²) in [5, 5.41) is 2.36. The van der Waals surface area contributed by atoms with Crippen LogP contribution >= 0.6 is 0 Å². The summed E-state index contributed by atoms with van der Waals surface area (Å²) in [6.45, 7) is 4.19. The lowest BCUT2D eigenvalue weighted by molar-refractivity contribution is 0.0909. The Labute approximate surface area is 119 Å². The lowest BCUT2D eigenvalue weighted by Gasteiger charge is -2.26. The van der Waals surface area contributed by atoms with Gasteiger partial charge in [-0.3, -0.25) is 4.79 Å². The Balaban J connectivity index is 2.75. The number of sulfonamides is 1. The minimum atomic E-state index is -3.68. The van der Waals surface area contributed by atoms with Crippen LogP contribution in [0.4, 0.5) is 0 Å². The quantitative estimate of drug-likeness (QED) is 0.676. The topological polar surface area (TPSA) is 114 Å². The van der Waals surface area contributed by atoms with Crippen molar-refractivity contribution in [3.63, 3.8) is 0 Å². The highest BCUT2D eigenvalue weighted by atomic mass is 32.2. The van der Waals surface area contributed by atoms with Crippen LogP contribution in [0.15, 0.2) is 21.6 Å². The highest BCUT2D eigenvalue weighted by Gasteiger charge is 2.23. The number of hydrogen-bond donors (Lipinski definition) is 3. The molecule has 0 radical (unpaired) electrons. The maximum Gasteiger partial charge on any atom is 0.287 e. The van der Waals surface area contributed by atoms with E-state index in [9.17, 15) is 13.2 Å². The molecule has 0 fully saturated rings. The van der Waals surface area contributed by atoms with E-state index in [1.54, 1.807) is 0 Å². The second kappa shape index (κ2) is 6.38. The van der Waals surface area contributed by atoms with Crippen LogP contribution < -0.4 is 15.8 Å². The van der Waals surface area contributed by atoms with Crippen molar-refractivity contribution in [1.29, 1.82) is 0 Å². The Morgan fingerprint density at radius 1 is 1.35 bits per heavy atom. The molecule has 114 valence electrons. The van der Waals surface area contributed by atoms with Crippen molar-refractivity contribution in [2.24, 2.45) is 5.73 Å². The van der Waals surface area contributed by atoms with Crippen molar-refractivity contribution in [1.82, 2.24) is 10.0 Å². The summed E-state index contributed by atoms with van der Waals surface area (Å²) in [4.78, 5) is 11.9. The molecule has 4 N–H and O–H groups in total. The van der Waals surface area contributed by atoms with Gasteiger partial charge in [-0.25, -0.2) is 13.1 Å². The number of nitrogens with one attached hydrogen (secondary N) is 2. The Morgan fingerprint density at radius 3 is 2.45 bits per heavy atom. The molecule has 0 saturated heterocycles. The first-order chi connectivity index (χ1) is 9.28. The fourth-order valence-electron chi connectivity index (χ4n) is 1.53. The number of amides is 1. The van der Waals surface area contributed by atoms with Crippen molar-refractivity contribution in [2.75, 3.05) is 13.6 Å². The maximum atomic E-state index is 11.9. The summed E-state index contributed by atoms with van der Waals surface area (Å²) in [5.74, 6) is -0.548. The molecule has 1 aromatic heterocycles. The average molecular weight is 303 g/mol. The zero-order valence-corrected chi connectivity index (χ0v) is 12.7. The molecule has 0 aromatic carbocycles. The minimum absolute atomic E-state index is 0.0617. The first-order valence-corrected chi connectivity index (χ1v) is 7.86. The van der Waals surface area contributed by atoms with E-state index in [-0.39, 0.29) is 10.9 Å². The Hall–Kier alpha value is -1.38. The van der Waals surface area contributed by atoms with Gasteiger partial charge in [-0.2, -0.15) is 0 Å². The highest BCUT2D eigenvalue weighted by molar-refractivity contribution is 7.89. The van der Waals surface area contributed by atoms with Crippen LogP contribution in [0.1, 0.15) is 37.2 Å². The summed E-state index contributed by atoms with van der Waals surface area (Å²) < 4.78 is 30.1. The molecule has 1 aromatic rings. The molecule has 0 unspecified atom stereocenters. The van der Waals surface area contributed by atoms with Crippen LogP contribution in [0.3, 0.4) is 0 Å². The van der Waals surface area contributed by atoms with E-state index >= 15 is 0 Å². The Morgan fingerprint density at radius 2 is 1.95 bits per heavy atom. The van der Waals surface area contributed by atoms with Crippen molar-refractivity contribution < 1.29 is 17.6 Å². The number of hydrogen-bond acceptors (Lipinski definition) is 5. The molecule has 0 aliphatic heterocycles. The molecular formula is C12H21N3O4S. The van der Waals surface area contributed by atoms with Gasteiger partial charge in [0.25, 0.3) is 15.9 Å². The first kappa shape index (κ1) is 16.7. The van der Waals surface area contributed by atoms with Gasteiger partial charge in [0.15, 0.2) is 5.76 Å². The smallest absolute Gasteiger partial charge is 0.287 e. The molecule has 8 heteroatoms. The Bertz CT molecular complexity index is 561. The lowest BCUT2D eigenvalue weighted by atomic mass is 9.94. The number of furan rings is 1. The molecule has 0 aliphatic rings. The fraction of sp³-hybridized carbons (Fsp3) is 0.583. The van der Waals surface area contributed by atoms with Gasteiger partial charge in [0.1, 0.15) is 0 Å². The van der Waals surface area contributed by atoms with E-state index in [1.807, 2.05) is 13.8 Å². The molecule has 7 nitrogen and oxygen atoms in total. The molecule has 0 spiro atoms. The number of carbonyl (C=O) groups is 1. The summed E-state index contributed by atoms with van der Waals surface area (Å²) >= 11 is 0. The van der Waals surface area contributed by atoms with E-state index in [4.69, 9.17) is 10.2 Å². The van der Waals surface area contributed by atoms with Gasteiger partial charge in [0.2, 0.25) is 5.09 Å². The van der Waals surface area contributed by atoms with Gasteiger partial charge in [-0.15, -0.1) is 0 Å². The van der Waals surface area contributed by atoms with Gasteiger partial charge >= 0.3 is 0 Å². The molecule has 1 heterocycles. The largest absolute Gasteiger partial charge is 0.438 e. The average Bonchev–Trinajstić information content (AvgIpc) is 2.95. The van der Waals surface area contributed by atoms with Gasteiger partial charge in [0.05, 0.1) is 0 Å². The second-order valence-electron chi connectivity index (χ2n) is 4.58. The molecule has 1 rings (SSSR count). The predicted octanol–water partition coefficient (Wildman–Crippen LogP) is 0.435. The van der Waals surface area contributed by atoms with E-state index in [0.29, 0.717) is 6.54 Å². The summed E-state index contributed by atoms with van der Waals surface area (Å²) in [5.41, 5.74) is 5.60. The molecule has 20 heavy (non-hydrogen) atoms. The summed E-state index contributed by atoms with van der Waals surface area (Å²) in [6.07, 6.45) is 1.45. The standard InChI is InChI=1S/C12H21N3O4S/c1-4-12(13,5-2)8-15-11(16)9-6-7-10(19-9)20(17,18)14-3/h6-7,14H,4-5,8,13H2,1-3H3,(H,15,16). The third-order valence-electron chi connectivity index (χ3n) is 3.35. The van der Waals surface area contributed by atoms with Crippen LogP contribution in [0.5, 0.6) is 0 Å². The second-order valence-corrected chi connectivity index (χ2v) is 6.40. The lowest BCUT2D eigenvalue weighted by Crippen LogP contribution is -2.49. The maximum absolute atomic E-state index is 11.9. The van der Waals surface area contributed by atoms with E-state index in [2.05, 4.69) is 10.0 Å². The molecule has 0 saturated carbocycles.